The monoisotopic (exact) mass is 324 g/mol. The topological polar surface area (TPSA) is 32.8 Å². The van der Waals surface area contributed by atoms with Gasteiger partial charge in [0, 0.05) is 31.2 Å². The van der Waals surface area contributed by atoms with Crippen LogP contribution in [0.3, 0.4) is 0 Å². The van der Waals surface area contributed by atoms with Crippen molar-refractivity contribution < 1.29 is 9.53 Å². The van der Waals surface area contributed by atoms with Crippen LogP contribution in [0, 0.1) is 0 Å². The fourth-order valence-corrected chi connectivity index (χ4v) is 2.82. The van der Waals surface area contributed by atoms with Gasteiger partial charge < -0.3 is 9.64 Å². The van der Waals surface area contributed by atoms with E-state index in [0.717, 1.165) is 38.3 Å². The zero-order valence-electron chi connectivity index (χ0n) is 13.3. The normalized spacial score (nSPS) is 15.8. The first kappa shape index (κ1) is 17.1. The highest BCUT2D eigenvalue weighted by molar-refractivity contribution is 6.30. The minimum absolute atomic E-state index is 0.229. The molecule has 1 aliphatic rings. The molecule has 1 heterocycles. The summed E-state index contributed by atoms with van der Waals surface area (Å²) in [7, 11) is 0. The number of carbonyl (C=O) groups is 1. The molecule has 5 heteroatoms. The van der Waals surface area contributed by atoms with Crippen molar-refractivity contribution in [1.29, 1.82) is 0 Å². The van der Waals surface area contributed by atoms with Crippen molar-refractivity contribution in [3.05, 3.63) is 34.9 Å². The van der Waals surface area contributed by atoms with Crippen LogP contribution >= 0.6 is 11.6 Å². The molecule has 0 aromatic heterocycles. The van der Waals surface area contributed by atoms with E-state index in [4.69, 9.17) is 16.3 Å². The summed E-state index contributed by atoms with van der Waals surface area (Å²) in [5.41, 5.74) is 0.916. The molecule has 1 aromatic carbocycles. The van der Waals surface area contributed by atoms with E-state index in [1.54, 1.807) is 4.90 Å². The summed E-state index contributed by atoms with van der Waals surface area (Å²) >= 11 is 5.92. The summed E-state index contributed by atoms with van der Waals surface area (Å²) < 4.78 is 5.37. The van der Waals surface area contributed by atoms with Crippen LogP contribution in [0.4, 0.5) is 4.79 Å². The first-order valence-electron chi connectivity index (χ1n) is 8.07. The van der Waals surface area contributed by atoms with Gasteiger partial charge in [-0.2, -0.15) is 0 Å². The van der Waals surface area contributed by atoms with Gasteiger partial charge in [-0.25, -0.2) is 4.79 Å². The second kappa shape index (κ2) is 9.01. The van der Waals surface area contributed by atoms with Gasteiger partial charge >= 0.3 is 6.09 Å². The van der Waals surface area contributed by atoms with Gasteiger partial charge in [-0.1, -0.05) is 43.5 Å². The average Bonchev–Trinajstić information content (AvgIpc) is 2.54. The Labute approximate surface area is 138 Å². The Kier molecular flexibility index (Phi) is 7.00. The minimum atomic E-state index is -0.229. The van der Waals surface area contributed by atoms with Crippen molar-refractivity contribution in [3.63, 3.8) is 0 Å². The second-order valence-corrected chi connectivity index (χ2v) is 6.16. The molecule has 22 heavy (non-hydrogen) atoms. The molecule has 0 bridgehead atoms. The number of nitrogens with zero attached hydrogens (tertiary/aromatic N) is 2. The molecule has 1 aliphatic heterocycles. The van der Waals surface area contributed by atoms with Gasteiger partial charge in [0.1, 0.15) is 6.61 Å². The summed E-state index contributed by atoms with van der Waals surface area (Å²) in [6, 6.07) is 7.40. The zero-order chi connectivity index (χ0) is 15.8. The van der Waals surface area contributed by atoms with Crippen LogP contribution in [0.5, 0.6) is 0 Å². The summed E-state index contributed by atoms with van der Waals surface area (Å²) in [5, 5.41) is 0.661. The molecule has 0 N–H and O–H groups in total. The Hall–Kier alpha value is -1.26. The number of amides is 1. The van der Waals surface area contributed by atoms with E-state index < -0.39 is 0 Å². The van der Waals surface area contributed by atoms with E-state index >= 15 is 0 Å². The molecule has 0 atom stereocenters. The second-order valence-electron chi connectivity index (χ2n) is 5.72. The number of hydrogen-bond donors (Lipinski definition) is 0. The predicted molar refractivity (Wildman–Crippen MR) is 89.2 cm³/mol. The Bertz CT molecular complexity index is 473. The first-order chi connectivity index (χ1) is 10.7. The van der Waals surface area contributed by atoms with Crippen LogP contribution < -0.4 is 0 Å². The summed E-state index contributed by atoms with van der Waals surface area (Å²) in [6.45, 7) is 7.01. The number of piperazine rings is 1. The molecule has 0 spiro atoms. The van der Waals surface area contributed by atoms with Gasteiger partial charge in [-0.3, -0.25) is 4.90 Å². The molecule has 1 amide bonds. The number of benzene rings is 1. The van der Waals surface area contributed by atoms with E-state index in [-0.39, 0.29) is 12.7 Å². The van der Waals surface area contributed by atoms with Gasteiger partial charge in [0.15, 0.2) is 0 Å². The Morgan fingerprint density at radius 1 is 1.23 bits per heavy atom. The van der Waals surface area contributed by atoms with Crippen LogP contribution in [0.1, 0.15) is 31.7 Å². The van der Waals surface area contributed by atoms with Gasteiger partial charge in [0.05, 0.1) is 0 Å². The summed E-state index contributed by atoms with van der Waals surface area (Å²) in [5.74, 6) is 0. The van der Waals surface area contributed by atoms with Gasteiger partial charge in [0.2, 0.25) is 0 Å². The van der Waals surface area contributed by atoms with E-state index in [1.807, 2.05) is 24.3 Å². The minimum Gasteiger partial charge on any atom is -0.445 e. The molecule has 1 aromatic rings. The molecule has 1 saturated heterocycles. The lowest BCUT2D eigenvalue weighted by Crippen LogP contribution is -2.48. The Balaban J connectivity index is 1.69. The SMILES string of the molecule is CCCCCN1CCN(C(=O)OCc2cccc(Cl)c2)CC1. The van der Waals surface area contributed by atoms with Crippen molar-refractivity contribution in [2.24, 2.45) is 0 Å². The first-order valence-corrected chi connectivity index (χ1v) is 8.45. The zero-order valence-corrected chi connectivity index (χ0v) is 14.0. The van der Waals surface area contributed by atoms with E-state index in [2.05, 4.69) is 11.8 Å². The Morgan fingerprint density at radius 3 is 2.68 bits per heavy atom. The molecule has 0 radical (unpaired) electrons. The number of ether oxygens (including phenoxy) is 1. The third-order valence-corrected chi connectivity index (χ3v) is 4.19. The molecule has 1 fully saturated rings. The quantitative estimate of drug-likeness (QED) is 0.746. The van der Waals surface area contributed by atoms with Gasteiger partial charge in [-0.05, 0) is 30.7 Å². The van der Waals surface area contributed by atoms with Crippen LogP contribution in [-0.4, -0.2) is 48.6 Å². The highest BCUT2D eigenvalue weighted by atomic mass is 35.5. The van der Waals surface area contributed by atoms with Crippen molar-refractivity contribution in [2.75, 3.05) is 32.7 Å². The third-order valence-electron chi connectivity index (χ3n) is 3.96. The van der Waals surface area contributed by atoms with Crippen LogP contribution in [0.2, 0.25) is 5.02 Å². The molecular formula is C17H25ClN2O2. The number of unbranched alkanes of at least 4 members (excludes halogenated alkanes) is 2. The smallest absolute Gasteiger partial charge is 0.410 e. The molecule has 0 aliphatic carbocycles. The predicted octanol–water partition coefficient (Wildman–Crippen LogP) is 3.78. The van der Waals surface area contributed by atoms with Gasteiger partial charge in [-0.15, -0.1) is 0 Å². The highest BCUT2D eigenvalue weighted by Gasteiger charge is 2.21. The number of carbonyl (C=O) groups excluding carboxylic acids is 1. The average molecular weight is 325 g/mol. The van der Waals surface area contributed by atoms with Crippen LogP contribution in [-0.2, 0) is 11.3 Å². The van der Waals surface area contributed by atoms with E-state index in [1.165, 1.54) is 19.3 Å². The third kappa shape index (κ3) is 5.50. The number of hydrogen-bond acceptors (Lipinski definition) is 3. The maximum absolute atomic E-state index is 12.1. The molecule has 0 saturated carbocycles. The van der Waals surface area contributed by atoms with Crippen molar-refractivity contribution in [2.45, 2.75) is 32.8 Å². The molecule has 2 rings (SSSR count). The maximum atomic E-state index is 12.1. The van der Waals surface area contributed by atoms with Crippen molar-refractivity contribution in [3.8, 4) is 0 Å². The maximum Gasteiger partial charge on any atom is 0.410 e. The van der Waals surface area contributed by atoms with E-state index in [0.29, 0.717) is 5.02 Å². The number of halogens is 1. The lowest BCUT2D eigenvalue weighted by molar-refractivity contribution is 0.0713. The van der Waals surface area contributed by atoms with Gasteiger partial charge in [0.25, 0.3) is 0 Å². The largest absolute Gasteiger partial charge is 0.445 e. The molecule has 4 nitrogen and oxygen atoms in total. The number of rotatable bonds is 6. The van der Waals surface area contributed by atoms with E-state index in [9.17, 15) is 4.79 Å². The highest BCUT2D eigenvalue weighted by Crippen LogP contribution is 2.12. The van der Waals surface area contributed by atoms with Crippen LogP contribution in [0.15, 0.2) is 24.3 Å². The standard InChI is InChI=1S/C17H25ClN2O2/c1-2-3-4-8-19-9-11-20(12-10-19)17(21)22-14-15-6-5-7-16(18)13-15/h5-7,13H,2-4,8-12,14H2,1H3. The fourth-order valence-electron chi connectivity index (χ4n) is 2.60. The summed E-state index contributed by atoms with van der Waals surface area (Å²) in [4.78, 5) is 16.3. The molecular weight excluding hydrogens is 300 g/mol. The molecule has 0 unspecified atom stereocenters. The summed E-state index contributed by atoms with van der Waals surface area (Å²) in [6.07, 6.45) is 3.54. The lowest BCUT2D eigenvalue weighted by Gasteiger charge is -2.34. The lowest BCUT2D eigenvalue weighted by atomic mass is 10.2. The van der Waals surface area contributed by atoms with Crippen LogP contribution in [0.25, 0.3) is 0 Å². The van der Waals surface area contributed by atoms with Crippen molar-refractivity contribution in [1.82, 2.24) is 9.80 Å². The fraction of sp³-hybridized carbons (Fsp3) is 0.588. The molecule has 122 valence electrons. The Morgan fingerprint density at radius 2 is 2.00 bits per heavy atom. The van der Waals surface area contributed by atoms with Crippen molar-refractivity contribution >= 4 is 17.7 Å².